The summed E-state index contributed by atoms with van der Waals surface area (Å²) in [5, 5.41) is 16.9. The Morgan fingerprint density at radius 3 is 2.93 bits per heavy atom. The Labute approximate surface area is 163 Å². The standard InChI is InChI=1S/C22H22N6/c1-15-19-12-18(7-8-20(19)26-25-15)22-24-21(13-23-27-22)28-10-9-17(14-28)11-16-5-3-2-4-6-16/h2-8,12-13,17H,9-11,14H2,1H3,(H,25,26). The maximum absolute atomic E-state index is 4.81. The van der Waals surface area contributed by atoms with Crippen LogP contribution in [0.4, 0.5) is 5.82 Å². The second kappa shape index (κ2) is 7.03. The van der Waals surface area contributed by atoms with E-state index in [1.54, 1.807) is 6.20 Å². The van der Waals surface area contributed by atoms with Crippen molar-refractivity contribution in [3.8, 4) is 11.4 Å². The van der Waals surface area contributed by atoms with Crippen LogP contribution in [0.1, 0.15) is 17.7 Å². The fourth-order valence-corrected chi connectivity index (χ4v) is 4.00. The number of aromatic amines is 1. The number of anilines is 1. The van der Waals surface area contributed by atoms with Crippen LogP contribution < -0.4 is 4.90 Å². The van der Waals surface area contributed by atoms with Crippen LogP contribution in [-0.2, 0) is 6.42 Å². The fourth-order valence-electron chi connectivity index (χ4n) is 4.00. The average Bonchev–Trinajstić information content (AvgIpc) is 3.36. The molecular weight excluding hydrogens is 348 g/mol. The molecule has 140 valence electrons. The van der Waals surface area contributed by atoms with Crippen molar-refractivity contribution in [3.63, 3.8) is 0 Å². The van der Waals surface area contributed by atoms with Crippen LogP contribution in [0.5, 0.6) is 0 Å². The van der Waals surface area contributed by atoms with Crippen molar-refractivity contribution in [2.45, 2.75) is 19.8 Å². The third kappa shape index (κ3) is 3.22. The monoisotopic (exact) mass is 370 g/mol. The van der Waals surface area contributed by atoms with Crippen molar-refractivity contribution in [3.05, 3.63) is 66.0 Å². The van der Waals surface area contributed by atoms with E-state index in [1.165, 1.54) is 12.0 Å². The maximum Gasteiger partial charge on any atom is 0.183 e. The number of benzene rings is 2. The summed E-state index contributed by atoms with van der Waals surface area (Å²) in [7, 11) is 0. The maximum atomic E-state index is 4.81. The van der Waals surface area contributed by atoms with Gasteiger partial charge in [-0.2, -0.15) is 10.2 Å². The molecule has 1 fully saturated rings. The molecule has 6 nitrogen and oxygen atoms in total. The number of aryl methyl sites for hydroxylation is 1. The highest BCUT2D eigenvalue weighted by Gasteiger charge is 2.24. The van der Waals surface area contributed by atoms with E-state index in [0.29, 0.717) is 11.7 Å². The lowest BCUT2D eigenvalue weighted by atomic mass is 9.99. The van der Waals surface area contributed by atoms with Gasteiger partial charge in [0.05, 0.1) is 11.7 Å². The van der Waals surface area contributed by atoms with E-state index in [4.69, 9.17) is 4.98 Å². The molecule has 1 N–H and O–H groups in total. The molecule has 1 atom stereocenters. The first-order chi connectivity index (χ1) is 13.8. The molecule has 1 saturated heterocycles. The number of rotatable bonds is 4. The number of hydrogen-bond acceptors (Lipinski definition) is 5. The Morgan fingerprint density at radius 1 is 1.14 bits per heavy atom. The van der Waals surface area contributed by atoms with Gasteiger partial charge >= 0.3 is 0 Å². The zero-order chi connectivity index (χ0) is 18.9. The van der Waals surface area contributed by atoms with Gasteiger partial charge in [0, 0.05) is 29.7 Å². The van der Waals surface area contributed by atoms with Crippen molar-refractivity contribution >= 4 is 16.7 Å². The summed E-state index contributed by atoms with van der Waals surface area (Å²) < 4.78 is 0. The highest BCUT2D eigenvalue weighted by Crippen LogP contribution is 2.27. The molecule has 1 unspecified atom stereocenters. The molecule has 4 aromatic rings. The molecule has 0 spiro atoms. The molecule has 2 aromatic carbocycles. The number of nitrogens with one attached hydrogen (secondary N) is 1. The second-order valence-electron chi connectivity index (χ2n) is 7.51. The zero-order valence-electron chi connectivity index (χ0n) is 15.8. The molecule has 0 aliphatic carbocycles. The second-order valence-corrected chi connectivity index (χ2v) is 7.51. The molecule has 6 heteroatoms. The third-order valence-electron chi connectivity index (χ3n) is 5.53. The minimum atomic E-state index is 0.644. The van der Waals surface area contributed by atoms with Gasteiger partial charge in [-0.1, -0.05) is 30.3 Å². The fraction of sp³-hybridized carbons (Fsp3) is 0.273. The Morgan fingerprint density at radius 2 is 2.04 bits per heavy atom. The van der Waals surface area contributed by atoms with Crippen LogP contribution >= 0.6 is 0 Å². The minimum absolute atomic E-state index is 0.644. The molecule has 0 amide bonds. The van der Waals surface area contributed by atoms with Gasteiger partial charge in [-0.3, -0.25) is 5.10 Å². The van der Waals surface area contributed by atoms with Crippen molar-refractivity contribution in [2.75, 3.05) is 18.0 Å². The first-order valence-corrected chi connectivity index (χ1v) is 9.70. The highest BCUT2D eigenvalue weighted by atomic mass is 15.3. The van der Waals surface area contributed by atoms with Gasteiger partial charge < -0.3 is 4.90 Å². The van der Waals surface area contributed by atoms with E-state index in [0.717, 1.165) is 47.5 Å². The Hall–Kier alpha value is -3.28. The van der Waals surface area contributed by atoms with Crippen molar-refractivity contribution in [1.29, 1.82) is 0 Å². The van der Waals surface area contributed by atoms with Crippen LogP contribution in [0.25, 0.3) is 22.3 Å². The first kappa shape index (κ1) is 16.9. The lowest BCUT2D eigenvalue weighted by Gasteiger charge is -2.17. The summed E-state index contributed by atoms with van der Waals surface area (Å²) in [6.07, 6.45) is 4.06. The number of fused-ring (bicyclic) bond motifs is 1. The van der Waals surface area contributed by atoms with E-state index >= 15 is 0 Å². The van der Waals surface area contributed by atoms with Gasteiger partial charge in [-0.25, -0.2) is 4.98 Å². The molecule has 0 radical (unpaired) electrons. The predicted molar refractivity (Wildman–Crippen MR) is 110 cm³/mol. The number of aromatic nitrogens is 5. The molecule has 1 aliphatic rings. The molecule has 5 rings (SSSR count). The van der Waals surface area contributed by atoms with Crippen LogP contribution in [-0.4, -0.2) is 38.5 Å². The molecule has 28 heavy (non-hydrogen) atoms. The van der Waals surface area contributed by atoms with Crippen LogP contribution in [0.2, 0.25) is 0 Å². The summed E-state index contributed by atoms with van der Waals surface area (Å²) in [5.41, 5.74) is 4.36. The Kier molecular flexibility index (Phi) is 4.24. The van der Waals surface area contributed by atoms with Gasteiger partial charge in [0.25, 0.3) is 0 Å². The topological polar surface area (TPSA) is 70.6 Å². The first-order valence-electron chi connectivity index (χ1n) is 9.70. The van der Waals surface area contributed by atoms with Gasteiger partial charge in [-0.15, -0.1) is 5.10 Å². The summed E-state index contributed by atoms with van der Waals surface area (Å²) >= 11 is 0. The molecule has 1 aliphatic heterocycles. The van der Waals surface area contributed by atoms with Gasteiger partial charge in [0.1, 0.15) is 0 Å². The van der Waals surface area contributed by atoms with Gasteiger partial charge in [0.15, 0.2) is 11.6 Å². The molecule has 0 bridgehead atoms. The third-order valence-corrected chi connectivity index (χ3v) is 5.53. The van der Waals surface area contributed by atoms with Crippen LogP contribution in [0, 0.1) is 12.8 Å². The lowest BCUT2D eigenvalue weighted by molar-refractivity contribution is 0.586. The minimum Gasteiger partial charge on any atom is -0.355 e. The van der Waals surface area contributed by atoms with E-state index in [9.17, 15) is 0 Å². The average molecular weight is 370 g/mol. The zero-order valence-corrected chi connectivity index (χ0v) is 15.8. The lowest BCUT2D eigenvalue weighted by Crippen LogP contribution is -2.22. The number of hydrogen-bond donors (Lipinski definition) is 1. The van der Waals surface area contributed by atoms with E-state index in [2.05, 4.69) is 61.7 Å². The number of H-pyrrole nitrogens is 1. The van der Waals surface area contributed by atoms with Crippen molar-refractivity contribution in [2.24, 2.45) is 5.92 Å². The summed E-state index contributed by atoms with van der Waals surface area (Å²) in [5.74, 6) is 2.21. The molecule has 3 heterocycles. The normalized spacial score (nSPS) is 16.8. The summed E-state index contributed by atoms with van der Waals surface area (Å²) in [4.78, 5) is 7.14. The van der Waals surface area contributed by atoms with E-state index in [1.807, 2.05) is 19.1 Å². The largest absolute Gasteiger partial charge is 0.355 e. The number of nitrogens with zero attached hydrogens (tertiary/aromatic N) is 5. The summed E-state index contributed by atoms with van der Waals surface area (Å²) in [6, 6.07) is 16.8. The predicted octanol–water partition coefficient (Wildman–Crippen LogP) is 3.79. The Bertz CT molecular complexity index is 1100. The molecule has 0 saturated carbocycles. The van der Waals surface area contributed by atoms with Gasteiger partial charge in [-0.05, 0) is 49.4 Å². The van der Waals surface area contributed by atoms with Gasteiger partial charge in [0.2, 0.25) is 0 Å². The van der Waals surface area contributed by atoms with E-state index < -0.39 is 0 Å². The van der Waals surface area contributed by atoms with E-state index in [-0.39, 0.29) is 0 Å². The highest BCUT2D eigenvalue weighted by molar-refractivity contribution is 5.85. The van der Waals surface area contributed by atoms with Crippen LogP contribution in [0.15, 0.2) is 54.7 Å². The Balaban J connectivity index is 1.36. The van der Waals surface area contributed by atoms with Crippen molar-refractivity contribution < 1.29 is 0 Å². The summed E-state index contributed by atoms with van der Waals surface area (Å²) in [6.45, 7) is 4.04. The SMILES string of the molecule is Cc1[nH]nc2ccc(-c3nncc(N4CCC(Cc5ccccc5)C4)n3)cc12. The van der Waals surface area contributed by atoms with Crippen molar-refractivity contribution in [1.82, 2.24) is 25.4 Å². The van der Waals surface area contributed by atoms with Crippen LogP contribution in [0.3, 0.4) is 0 Å². The quantitative estimate of drug-likeness (QED) is 0.592. The smallest absolute Gasteiger partial charge is 0.183 e. The molecular formula is C22H22N6. The molecule has 2 aromatic heterocycles.